The molecule has 3 aromatic rings. The van der Waals surface area contributed by atoms with Gasteiger partial charge in [0.25, 0.3) is 0 Å². The fourth-order valence-electron chi connectivity index (χ4n) is 4.86. The van der Waals surface area contributed by atoms with Gasteiger partial charge in [0.2, 0.25) is 5.91 Å². The van der Waals surface area contributed by atoms with E-state index in [4.69, 9.17) is 10.5 Å². The maximum Gasteiger partial charge on any atom is 0.406 e. The van der Waals surface area contributed by atoms with Crippen molar-refractivity contribution in [3.8, 4) is 17.6 Å². The largest absolute Gasteiger partial charge is 0.495 e. The second-order valence-corrected chi connectivity index (χ2v) is 11.9. The number of halogens is 3. The summed E-state index contributed by atoms with van der Waals surface area (Å²) in [7, 11) is -2.01. The van der Waals surface area contributed by atoms with Crippen LogP contribution < -0.4 is 21.1 Å². The predicted octanol–water partition coefficient (Wildman–Crippen LogP) is 3.44. The van der Waals surface area contributed by atoms with Gasteiger partial charge in [-0.25, -0.2) is 8.42 Å². The van der Waals surface area contributed by atoms with Gasteiger partial charge in [-0.2, -0.15) is 13.2 Å². The van der Waals surface area contributed by atoms with Crippen LogP contribution in [0.1, 0.15) is 18.5 Å². The summed E-state index contributed by atoms with van der Waals surface area (Å²) in [5.74, 6) is 5.65. The molecule has 1 amide bonds. The standard InChI is InChI=1S/C28H32F3N5O4S/c1-40-26-16-21(41(2,38)39)8-9-24(26)33-12-4-5-20-15-22-23(6-3-7-25(22)36(20)18-28(29,30)31)34-19-10-13-35(14-11-19)17-27(32)37/h3,6-9,15-16,19,33-34H,10-14,17-18H2,1-2H3,(H2,32,37). The Labute approximate surface area is 236 Å². The van der Waals surface area contributed by atoms with Crippen LogP contribution in [0, 0.1) is 11.8 Å². The summed E-state index contributed by atoms with van der Waals surface area (Å²) in [6.45, 7) is 0.479. The quantitative estimate of drug-likeness (QED) is 0.326. The Bertz CT molecular complexity index is 1580. The zero-order valence-corrected chi connectivity index (χ0v) is 23.5. The van der Waals surface area contributed by atoms with E-state index in [1.165, 1.54) is 19.2 Å². The minimum absolute atomic E-state index is 0.0805. The lowest BCUT2D eigenvalue weighted by molar-refractivity contribution is -0.140. The summed E-state index contributed by atoms with van der Waals surface area (Å²) in [6, 6.07) is 11.3. The van der Waals surface area contributed by atoms with E-state index in [2.05, 4.69) is 22.5 Å². The summed E-state index contributed by atoms with van der Waals surface area (Å²) >= 11 is 0. The SMILES string of the molecule is COc1cc(S(C)(=O)=O)ccc1NCC#Cc1cc2c(NC3CCN(CC(N)=O)CC3)cccc2n1CC(F)(F)F. The number of alkyl halides is 3. The minimum Gasteiger partial charge on any atom is -0.495 e. The molecule has 0 radical (unpaired) electrons. The predicted molar refractivity (Wildman–Crippen MR) is 152 cm³/mol. The van der Waals surface area contributed by atoms with Crippen LogP contribution in [0.15, 0.2) is 47.4 Å². The van der Waals surface area contributed by atoms with Crippen molar-refractivity contribution in [3.05, 3.63) is 48.2 Å². The van der Waals surface area contributed by atoms with Gasteiger partial charge in [-0.05, 0) is 49.1 Å². The van der Waals surface area contributed by atoms with Crippen molar-refractivity contribution in [2.24, 2.45) is 5.73 Å². The molecule has 41 heavy (non-hydrogen) atoms. The molecule has 13 heteroatoms. The lowest BCUT2D eigenvalue weighted by Gasteiger charge is -2.32. The molecule has 0 bridgehead atoms. The number of hydrogen-bond donors (Lipinski definition) is 3. The van der Waals surface area contributed by atoms with E-state index in [0.29, 0.717) is 41.1 Å². The van der Waals surface area contributed by atoms with E-state index in [1.807, 2.05) is 11.0 Å². The second-order valence-electron chi connectivity index (χ2n) is 9.92. The number of nitrogens with one attached hydrogen (secondary N) is 2. The van der Waals surface area contributed by atoms with E-state index >= 15 is 0 Å². The molecule has 0 unspecified atom stereocenters. The zero-order chi connectivity index (χ0) is 29.8. The number of carbonyl (C=O) groups excluding carboxylic acids is 1. The molecule has 1 aliphatic rings. The highest BCUT2D eigenvalue weighted by molar-refractivity contribution is 7.90. The number of sulfone groups is 1. The molecule has 4 N–H and O–H groups in total. The Hall–Kier alpha value is -3.89. The molecule has 0 atom stereocenters. The number of primary amides is 1. The maximum atomic E-state index is 13.5. The number of nitrogens with two attached hydrogens (primary N) is 1. The van der Waals surface area contributed by atoms with Gasteiger partial charge in [0, 0.05) is 42.5 Å². The number of aromatic nitrogens is 1. The first-order chi connectivity index (χ1) is 19.3. The summed E-state index contributed by atoms with van der Waals surface area (Å²) in [6.07, 6.45) is -1.83. The molecule has 2 aromatic carbocycles. The summed E-state index contributed by atoms with van der Waals surface area (Å²) in [5, 5.41) is 7.12. The fourth-order valence-corrected chi connectivity index (χ4v) is 5.50. The number of hydrogen-bond acceptors (Lipinski definition) is 7. The van der Waals surface area contributed by atoms with E-state index in [9.17, 15) is 26.4 Å². The first-order valence-corrected chi connectivity index (χ1v) is 14.8. The lowest BCUT2D eigenvalue weighted by Crippen LogP contribution is -2.42. The number of carbonyl (C=O) groups is 1. The third-order valence-electron chi connectivity index (χ3n) is 6.79. The lowest BCUT2D eigenvalue weighted by atomic mass is 10.0. The molecule has 220 valence electrons. The van der Waals surface area contributed by atoms with E-state index < -0.39 is 22.6 Å². The van der Waals surface area contributed by atoms with Crippen LogP contribution in [0.2, 0.25) is 0 Å². The van der Waals surface area contributed by atoms with Crippen LogP contribution >= 0.6 is 0 Å². The van der Waals surface area contributed by atoms with Crippen LogP contribution in [-0.4, -0.2) is 75.6 Å². The van der Waals surface area contributed by atoms with Crippen LogP contribution in [0.5, 0.6) is 5.75 Å². The summed E-state index contributed by atoms with van der Waals surface area (Å²) in [5.41, 5.74) is 7.13. The summed E-state index contributed by atoms with van der Waals surface area (Å²) in [4.78, 5) is 13.3. The number of benzene rings is 2. The van der Waals surface area contributed by atoms with E-state index in [-0.39, 0.29) is 35.6 Å². The zero-order valence-electron chi connectivity index (χ0n) is 22.7. The van der Waals surface area contributed by atoms with Gasteiger partial charge < -0.3 is 25.7 Å². The number of likely N-dealkylation sites (tertiary alicyclic amines) is 1. The molecule has 9 nitrogen and oxygen atoms in total. The molecular formula is C28H32F3N5O4S. The maximum absolute atomic E-state index is 13.5. The Balaban J connectivity index is 1.55. The Morgan fingerprint density at radius 3 is 2.51 bits per heavy atom. The first kappa shape index (κ1) is 30.1. The topological polar surface area (TPSA) is 119 Å². The van der Waals surface area contributed by atoms with Crippen LogP contribution in [0.3, 0.4) is 0 Å². The van der Waals surface area contributed by atoms with Gasteiger partial charge in [-0.15, -0.1) is 0 Å². The normalized spacial score (nSPS) is 14.9. The van der Waals surface area contributed by atoms with Crippen molar-refractivity contribution in [2.45, 2.75) is 36.5 Å². The second kappa shape index (κ2) is 12.3. The van der Waals surface area contributed by atoms with Gasteiger partial charge in [-0.1, -0.05) is 12.0 Å². The summed E-state index contributed by atoms with van der Waals surface area (Å²) < 4.78 is 70.7. The Morgan fingerprint density at radius 2 is 1.88 bits per heavy atom. The van der Waals surface area contributed by atoms with Crippen molar-refractivity contribution in [1.29, 1.82) is 0 Å². The number of piperidine rings is 1. The van der Waals surface area contributed by atoms with Gasteiger partial charge in [0.05, 0.1) is 42.0 Å². The fraction of sp³-hybridized carbons (Fsp3) is 0.393. The van der Waals surface area contributed by atoms with E-state index in [0.717, 1.165) is 23.7 Å². The number of fused-ring (bicyclic) bond motifs is 1. The Kier molecular flexibility index (Phi) is 9.04. The van der Waals surface area contributed by atoms with Crippen molar-refractivity contribution in [1.82, 2.24) is 9.47 Å². The molecule has 1 fully saturated rings. The molecule has 0 aliphatic carbocycles. The minimum atomic E-state index is -4.45. The molecule has 2 heterocycles. The monoisotopic (exact) mass is 591 g/mol. The Morgan fingerprint density at radius 1 is 1.15 bits per heavy atom. The molecular weight excluding hydrogens is 559 g/mol. The van der Waals surface area contributed by atoms with Crippen molar-refractivity contribution in [3.63, 3.8) is 0 Å². The van der Waals surface area contributed by atoms with Crippen LogP contribution in [-0.2, 0) is 21.2 Å². The average molecular weight is 592 g/mol. The third-order valence-corrected chi connectivity index (χ3v) is 7.90. The van der Waals surface area contributed by atoms with Gasteiger partial charge in [0.15, 0.2) is 9.84 Å². The van der Waals surface area contributed by atoms with Gasteiger partial charge in [-0.3, -0.25) is 9.69 Å². The van der Waals surface area contributed by atoms with Gasteiger partial charge in [0.1, 0.15) is 12.3 Å². The van der Waals surface area contributed by atoms with Crippen molar-refractivity contribution < 1.29 is 31.1 Å². The van der Waals surface area contributed by atoms with Crippen LogP contribution in [0.4, 0.5) is 24.5 Å². The highest BCUT2D eigenvalue weighted by atomic mass is 32.2. The van der Waals surface area contributed by atoms with Gasteiger partial charge >= 0.3 is 6.18 Å². The van der Waals surface area contributed by atoms with Crippen molar-refractivity contribution >= 4 is 38.0 Å². The molecule has 1 saturated heterocycles. The van der Waals surface area contributed by atoms with Crippen LogP contribution in [0.25, 0.3) is 10.9 Å². The molecule has 0 spiro atoms. The highest BCUT2D eigenvalue weighted by Crippen LogP contribution is 2.31. The third kappa shape index (κ3) is 7.86. The first-order valence-electron chi connectivity index (χ1n) is 12.9. The highest BCUT2D eigenvalue weighted by Gasteiger charge is 2.30. The molecule has 0 saturated carbocycles. The van der Waals surface area contributed by atoms with E-state index in [1.54, 1.807) is 24.3 Å². The smallest absolute Gasteiger partial charge is 0.406 e. The number of nitrogens with zero attached hydrogens (tertiary/aromatic N) is 2. The molecule has 1 aromatic heterocycles. The number of ether oxygens (including phenoxy) is 1. The number of methoxy groups -OCH3 is 1. The number of anilines is 2. The number of rotatable bonds is 9. The molecule has 4 rings (SSSR count). The number of amides is 1. The molecule has 1 aliphatic heterocycles. The van der Waals surface area contributed by atoms with Crippen molar-refractivity contribution in [2.75, 3.05) is 50.2 Å². The average Bonchev–Trinajstić information content (AvgIpc) is 3.23.